The third-order valence-corrected chi connectivity index (χ3v) is 3.09. The zero-order valence-corrected chi connectivity index (χ0v) is 11.7. The number of ether oxygens (including phenoxy) is 1. The Morgan fingerprint density at radius 1 is 1.10 bits per heavy atom. The van der Waals surface area contributed by atoms with E-state index in [-0.39, 0.29) is 0 Å². The van der Waals surface area contributed by atoms with E-state index >= 15 is 0 Å². The minimum atomic E-state index is 0.588. The summed E-state index contributed by atoms with van der Waals surface area (Å²) in [4.78, 5) is 8.84. The number of hydrogen-bond donors (Lipinski definition) is 1. The molecule has 0 saturated heterocycles. The van der Waals surface area contributed by atoms with Gasteiger partial charge in [0.05, 0.1) is 6.61 Å². The van der Waals surface area contributed by atoms with Crippen LogP contribution in [-0.2, 0) is 0 Å². The first-order chi connectivity index (χ1) is 10.3. The van der Waals surface area contributed by atoms with Crippen molar-refractivity contribution in [3.8, 4) is 23.0 Å². The number of imidazole rings is 1. The Bertz CT molecular complexity index is 734. The molecule has 2 heterocycles. The Balaban J connectivity index is 2.09. The average molecular weight is 280 g/mol. The number of nitrogens with zero attached hydrogens (tertiary/aromatic N) is 3. The summed E-state index contributed by atoms with van der Waals surface area (Å²) >= 11 is 0. The quantitative estimate of drug-likeness (QED) is 0.746. The molecule has 0 atom stereocenters. The Labute approximate surface area is 123 Å². The van der Waals surface area contributed by atoms with Crippen LogP contribution in [0.2, 0.25) is 0 Å². The predicted octanol–water partition coefficient (Wildman–Crippen LogP) is 2.92. The second-order valence-electron chi connectivity index (χ2n) is 4.50. The molecule has 0 spiro atoms. The van der Waals surface area contributed by atoms with Crippen LogP contribution >= 0.6 is 0 Å². The summed E-state index contributed by atoms with van der Waals surface area (Å²) in [5, 5.41) is 0. The average Bonchev–Trinajstić information content (AvgIpc) is 2.98. The molecule has 0 amide bonds. The Morgan fingerprint density at radius 3 is 2.67 bits per heavy atom. The van der Waals surface area contributed by atoms with E-state index in [1.807, 2.05) is 54.1 Å². The van der Waals surface area contributed by atoms with Gasteiger partial charge in [0, 0.05) is 29.8 Å². The molecule has 0 bridgehead atoms. The lowest BCUT2D eigenvalue weighted by Crippen LogP contribution is -2.03. The van der Waals surface area contributed by atoms with Gasteiger partial charge in [-0.2, -0.15) is 0 Å². The molecule has 0 fully saturated rings. The first kappa shape index (κ1) is 13.2. The molecule has 106 valence electrons. The Morgan fingerprint density at radius 2 is 1.90 bits per heavy atom. The lowest BCUT2D eigenvalue weighted by Gasteiger charge is -2.12. The number of anilines is 1. The van der Waals surface area contributed by atoms with Crippen LogP contribution in [0.3, 0.4) is 0 Å². The lowest BCUT2D eigenvalue weighted by molar-refractivity contribution is 0.337. The van der Waals surface area contributed by atoms with Gasteiger partial charge >= 0.3 is 0 Å². The van der Waals surface area contributed by atoms with Crippen LogP contribution < -0.4 is 10.5 Å². The van der Waals surface area contributed by atoms with Gasteiger partial charge in [0.1, 0.15) is 5.82 Å². The molecule has 0 aliphatic carbocycles. The zero-order chi connectivity index (χ0) is 14.7. The number of nitrogen functional groups attached to an aromatic ring is 1. The van der Waals surface area contributed by atoms with Crippen LogP contribution in [0.5, 0.6) is 5.75 Å². The van der Waals surface area contributed by atoms with Gasteiger partial charge in [0.25, 0.3) is 0 Å². The van der Waals surface area contributed by atoms with Crippen molar-refractivity contribution < 1.29 is 4.74 Å². The molecule has 1 aromatic carbocycles. The van der Waals surface area contributed by atoms with E-state index in [4.69, 9.17) is 10.5 Å². The predicted molar refractivity (Wildman–Crippen MR) is 82.4 cm³/mol. The van der Waals surface area contributed by atoms with E-state index in [0.29, 0.717) is 6.61 Å². The molecular weight excluding hydrogens is 264 g/mol. The van der Waals surface area contributed by atoms with E-state index in [0.717, 1.165) is 28.6 Å². The fourth-order valence-electron chi connectivity index (χ4n) is 2.15. The number of hydrogen-bond acceptors (Lipinski definition) is 4. The normalized spacial score (nSPS) is 10.5. The molecule has 5 nitrogen and oxygen atoms in total. The number of rotatable bonds is 4. The van der Waals surface area contributed by atoms with E-state index in [9.17, 15) is 0 Å². The van der Waals surface area contributed by atoms with Gasteiger partial charge in [0.15, 0.2) is 11.6 Å². The first-order valence-electron chi connectivity index (χ1n) is 6.77. The van der Waals surface area contributed by atoms with Gasteiger partial charge in [-0.3, -0.25) is 4.57 Å². The second kappa shape index (κ2) is 5.66. The van der Waals surface area contributed by atoms with Crippen molar-refractivity contribution in [2.24, 2.45) is 0 Å². The molecule has 0 unspecified atom stereocenters. The SMILES string of the molecule is CCOc1cccnc1-n1ccnc1-c1ccc(N)cc1. The summed E-state index contributed by atoms with van der Waals surface area (Å²) < 4.78 is 7.55. The van der Waals surface area contributed by atoms with Crippen LogP contribution in [0.1, 0.15) is 6.92 Å². The van der Waals surface area contributed by atoms with Crippen molar-refractivity contribution in [1.82, 2.24) is 14.5 Å². The fraction of sp³-hybridized carbons (Fsp3) is 0.125. The third-order valence-electron chi connectivity index (χ3n) is 3.09. The van der Waals surface area contributed by atoms with E-state index < -0.39 is 0 Å². The van der Waals surface area contributed by atoms with Gasteiger partial charge < -0.3 is 10.5 Å². The van der Waals surface area contributed by atoms with Crippen LogP contribution in [0.4, 0.5) is 5.69 Å². The first-order valence-corrected chi connectivity index (χ1v) is 6.77. The topological polar surface area (TPSA) is 66.0 Å². The molecule has 0 aliphatic heterocycles. The molecule has 3 aromatic rings. The van der Waals surface area contributed by atoms with Crippen molar-refractivity contribution in [2.75, 3.05) is 12.3 Å². The van der Waals surface area contributed by atoms with Crippen LogP contribution in [0.15, 0.2) is 55.0 Å². The minimum absolute atomic E-state index is 0.588. The monoisotopic (exact) mass is 280 g/mol. The number of aromatic nitrogens is 3. The largest absolute Gasteiger partial charge is 0.490 e. The van der Waals surface area contributed by atoms with E-state index in [1.165, 1.54) is 0 Å². The molecule has 2 aromatic heterocycles. The molecule has 21 heavy (non-hydrogen) atoms. The fourth-order valence-corrected chi connectivity index (χ4v) is 2.15. The highest BCUT2D eigenvalue weighted by Crippen LogP contribution is 2.26. The standard InChI is InChI=1S/C16H16N4O/c1-2-21-14-4-3-9-18-16(14)20-11-10-19-15(20)12-5-7-13(17)8-6-12/h3-11H,2,17H2,1H3. The summed E-state index contributed by atoms with van der Waals surface area (Å²) in [5.41, 5.74) is 7.43. The maximum Gasteiger partial charge on any atom is 0.181 e. The summed E-state index contributed by atoms with van der Waals surface area (Å²) in [6, 6.07) is 11.4. The zero-order valence-electron chi connectivity index (χ0n) is 11.7. The summed E-state index contributed by atoms with van der Waals surface area (Å²) in [6.45, 7) is 2.54. The maximum atomic E-state index is 5.73. The lowest BCUT2D eigenvalue weighted by atomic mass is 10.2. The smallest absolute Gasteiger partial charge is 0.181 e. The summed E-state index contributed by atoms with van der Waals surface area (Å²) in [6.07, 6.45) is 5.36. The minimum Gasteiger partial charge on any atom is -0.490 e. The molecule has 0 radical (unpaired) electrons. The Hall–Kier alpha value is -2.82. The van der Waals surface area contributed by atoms with Crippen molar-refractivity contribution in [1.29, 1.82) is 0 Å². The van der Waals surface area contributed by atoms with Gasteiger partial charge in [-0.1, -0.05) is 0 Å². The molecule has 5 heteroatoms. The van der Waals surface area contributed by atoms with Crippen LogP contribution in [0.25, 0.3) is 17.2 Å². The molecular formula is C16H16N4O. The number of nitrogens with two attached hydrogens (primary N) is 1. The Kier molecular flexibility index (Phi) is 3.55. The molecule has 0 aliphatic rings. The molecule has 2 N–H and O–H groups in total. The highest BCUT2D eigenvalue weighted by molar-refractivity contribution is 5.62. The summed E-state index contributed by atoms with van der Waals surface area (Å²) in [5.74, 6) is 2.26. The van der Waals surface area contributed by atoms with Crippen molar-refractivity contribution in [2.45, 2.75) is 6.92 Å². The number of benzene rings is 1. The van der Waals surface area contributed by atoms with Gasteiger partial charge in [0.2, 0.25) is 0 Å². The van der Waals surface area contributed by atoms with Crippen LogP contribution in [0, 0.1) is 0 Å². The van der Waals surface area contributed by atoms with Crippen molar-refractivity contribution in [3.05, 3.63) is 55.0 Å². The summed E-state index contributed by atoms with van der Waals surface area (Å²) in [7, 11) is 0. The second-order valence-corrected chi connectivity index (χ2v) is 4.50. The van der Waals surface area contributed by atoms with Crippen molar-refractivity contribution >= 4 is 5.69 Å². The van der Waals surface area contributed by atoms with Gasteiger partial charge in [-0.15, -0.1) is 0 Å². The van der Waals surface area contributed by atoms with Gasteiger partial charge in [-0.05, 0) is 43.3 Å². The molecule has 0 saturated carbocycles. The number of pyridine rings is 1. The van der Waals surface area contributed by atoms with E-state index in [1.54, 1.807) is 12.4 Å². The third kappa shape index (κ3) is 2.58. The van der Waals surface area contributed by atoms with E-state index in [2.05, 4.69) is 9.97 Å². The van der Waals surface area contributed by atoms with Gasteiger partial charge in [-0.25, -0.2) is 9.97 Å². The maximum absolute atomic E-state index is 5.73. The highest BCUT2D eigenvalue weighted by Gasteiger charge is 2.12. The van der Waals surface area contributed by atoms with Crippen LogP contribution in [-0.4, -0.2) is 21.1 Å². The molecule has 3 rings (SSSR count). The van der Waals surface area contributed by atoms with Crippen molar-refractivity contribution in [3.63, 3.8) is 0 Å². The highest BCUT2D eigenvalue weighted by atomic mass is 16.5.